The Morgan fingerprint density at radius 2 is 0.500 bits per heavy atom. The minimum atomic E-state index is -0.770. The first-order valence-corrected chi connectivity index (χ1v) is 32.0. The number of ether oxygens (including phenoxy) is 3. The molecule has 0 aliphatic heterocycles. The Morgan fingerprint density at radius 1 is 0.278 bits per heavy atom. The molecule has 0 radical (unpaired) electrons. The summed E-state index contributed by atoms with van der Waals surface area (Å²) in [6.07, 6.45) is 74.7. The van der Waals surface area contributed by atoms with Gasteiger partial charge in [0.2, 0.25) is 0 Å². The van der Waals surface area contributed by atoms with Gasteiger partial charge in [0.25, 0.3) is 0 Å². The van der Waals surface area contributed by atoms with Gasteiger partial charge < -0.3 is 14.2 Å². The maximum Gasteiger partial charge on any atom is 0.306 e. The van der Waals surface area contributed by atoms with Crippen LogP contribution < -0.4 is 0 Å². The van der Waals surface area contributed by atoms with Crippen LogP contribution in [-0.2, 0) is 28.6 Å². The van der Waals surface area contributed by atoms with E-state index in [1.165, 1.54) is 238 Å². The predicted molar refractivity (Wildman–Crippen MR) is 312 cm³/mol. The van der Waals surface area contributed by atoms with Crippen molar-refractivity contribution in [2.75, 3.05) is 13.2 Å². The van der Waals surface area contributed by atoms with E-state index in [0.717, 1.165) is 70.6 Å². The first-order chi connectivity index (χ1) is 35.5. The second-order valence-electron chi connectivity index (χ2n) is 21.7. The molecular formula is C66H122O6. The van der Waals surface area contributed by atoms with E-state index in [-0.39, 0.29) is 31.1 Å². The molecule has 0 saturated carbocycles. The Labute approximate surface area is 448 Å². The second kappa shape index (κ2) is 61.2. The third-order valence-electron chi connectivity index (χ3n) is 14.4. The van der Waals surface area contributed by atoms with E-state index in [1.807, 2.05) is 0 Å². The molecule has 422 valence electrons. The summed E-state index contributed by atoms with van der Waals surface area (Å²) in [5.41, 5.74) is 0. The average Bonchev–Trinajstić information content (AvgIpc) is 3.38. The first-order valence-electron chi connectivity index (χ1n) is 32.0. The Hall–Kier alpha value is -2.37. The summed E-state index contributed by atoms with van der Waals surface area (Å²) >= 11 is 0. The zero-order valence-corrected chi connectivity index (χ0v) is 48.5. The van der Waals surface area contributed by atoms with Crippen LogP contribution in [0.4, 0.5) is 0 Å². The summed E-state index contributed by atoms with van der Waals surface area (Å²) in [5.74, 6) is -0.864. The standard InChI is InChI=1S/C66H122O6/c1-4-7-10-13-16-19-21-23-24-25-26-27-28-29-30-31-32-33-34-35-36-37-38-39-40-41-42-43-45-47-50-53-56-59-65(68)71-62-63(61-70-64(67)58-55-52-49-46-18-15-12-9-6-3)72-66(69)60-57-54-51-48-44-22-20-17-14-11-8-5-2/h17,20-21,23,25-26,63H,4-16,18-19,22,24,27-62H2,1-3H3/b20-17-,23-21-,26-25-. The number of carbonyl (C=O) groups is 3. The third kappa shape index (κ3) is 58.5. The van der Waals surface area contributed by atoms with Gasteiger partial charge in [-0.15, -0.1) is 0 Å². The molecule has 0 aromatic carbocycles. The quantitative estimate of drug-likeness (QED) is 0.0261. The van der Waals surface area contributed by atoms with Gasteiger partial charge in [-0.1, -0.05) is 288 Å². The molecule has 0 amide bonds. The number of allylic oxidation sites excluding steroid dienone is 6. The van der Waals surface area contributed by atoms with E-state index in [4.69, 9.17) is 14.2 Å². The lowest BCUT2D eigenvalue weighted by molar-refractivity contribution is -0.167. The van der Waals surface area contributed by atoms with Crippen LogP contribution in [0, 0.1) is 0 Å². The van der Waals surface area contributed by atoms with E-state index in [2.05, 4.69) is 57.2 Å². The van der Waals surface area contributed by atoms with Crippen molar-refractivity contribution >= 4 is 17.9 Å². The van der Waals surface area contributed by atoms with Crippen LogP contribution in [0.1, 0.15) is 348 Å². The van der Waals surface area contributed by atoms with Crippen molar-refractivity contribution in [2.45, 2.75) is 354 Å². The minimum Gasteiger partial charge on any atom is -0.462 e. The number of rotatable bonds is 59. The molecule has 0 bridgehead atoms. The van der Waals surface area contributed by atoms with Gasteiger partial charge in [0, 0.05) is 19.3 Å². The van der Waals surface area contributed by atoms with Crippen molar-refractivity contribution in [3.8, 4) is 0 Å². The molecule has 0 fully saturated rings. The van der Waals surface area contributed by atoms with Gasteiger partial charge in [-0.3, -0.25) is 14.4 Å². The minimum absolute atomic E-state index is 0.0704. The van der Waals surface area contributed by atoms with Gasteiger partial charge in [-0.05, 0) is 77.0 Å². The predicted octanol–water partition coefficient (Wildman–Crippen LogP) is 21.6. The van der Waals surface area contributed by atoms with E-state index in [9.17, 15) is 14.4 Å². The molecule has 1 unspecified atom stereocenters. The highest BCUT2D eigenvalue weighted by Gasteiger charge is 2.19. The van der Waals surface area contributed by atoms with E-state index < -0.39 is 6.10 Å². The number of carbonyl (C=O) groups excluding carboxylic acids is 3. The monoisotopic (exact) mass is 1010 g/mol. The lowest BCUT2D eigenvalue weighted by Gasteiger charge is -2.18. The molecule has 6 nitrogen and oxygen atoms in total. The Morgan fingerprint density at radius 3 is 0.806 bits per heavy atom. The van der Waals surface area contributed by atoms with Crippen LogP contribution >= 0.6 is 0 Å². The van der Waals surface area contributed by atoms with Crippen LogP contribution in [0.25, 0.3) is 0 Å². The largest absolute Gasteiger partial charge is 0.462 e. The molecule has 0 spiro atoms. The van der Waals surface area contributed by atoms with Gasteiger partial charge in [-0.2, -0.15) is 0 Å². The molecule has 0 saturated heterocycles. The lowest BCUT2D eigenvalue weighted by atomic mass is 10.0. The van der Waals surface area contributed by atoms with Crippen LogP contribution in [0.2, 0.25) is 0 Å². The highest BCUT2D eigenvalue weighted by atomic mass is 16.6. The van der Waals surface area contributed by atoms with E-state index >= 15 is 0 Å². The molecule has 0 aromatic rings. The second-order valence-corrected chi connectivity index (χ2v) is 21.7. The van der Waals surface area contributed by atoms with Crippen molar-refractivity contribution < 1.29 is 28.6 Å². The van der Waals surface area contributed by atoms with Crippen LogP contribution in [0.15, 0.2) is 36.5 Å². The van der Waals surface area contributed by atoms with Gasteiger partial charge >= 0.3 is 17.9 Å². The summed E-state index contributed by atoms with van der Waals surface area (Å²) in [6, 6.07) is 0. The van der Waals surface area contributed by atoms with Crippen LogP contribution in [0.3, 0.4) is 0 Å². The molecule has 6 heteroatoms. The third-order valence-corrected chi connectivity index (χ3v) is 14.4. The number of hydrogen-bond donors (Lipinski definition) is 0. The smallest absolute Gasteiger partial charge is 0.306 e. The Bertz CT molecular complexity index is 1210. The summed E-state index contributed by atoms with van der Waals surface area (Å²) in [6.45, 7) is 6.62. The van der Waals surface area contributed by atoms with Crippen molar-refractivity contribution in [2.24, 2.45) is 0 Å². The Kier molecular flexibility index (Phi) is 59.2. The summed E-state index contributed by atoms with van der Waals surface area (Å²) in [5, 5.41) is 0. The maximum atomic E-state index is 12.8. The van der Waals surface area contributed by atoms with Crippen molar-refractivity contribution in [1.29, 1.82) is 0 Å². The fourth-order valence-electron chi connectivity index (χ4n) is 9.53. The molecule has 0 heterocycles. The zero-order chi connectivity index (χ0) is 52.2. The zero-order valence-electron chi connectivity index (χ0n) is 48.5. The van der Waals surface area contributed by atoms with E-state index in [0.29, 0.717) is 19.3 Å². The van der Waals surface area contributed by atoms with Crippen molar-refractivity contribution in [1.82, 2.24) is 0 Å². The van der Waals surface area contributed by atoms with Gasteiger partial charge in [0.05, 0.1) is 0 Å². The van der Waals surface area contributed by atoms with Crippen LogP contribution in [-0.4, -0.2) is 37.2 Å². The van der Waals surface area contributed by atoms with Crippen LogP contribution in [0.5, 0.6) is 0 Å². The van der Waals surface area contributed by atoms with Crippen molar-refractivity contribution in [3.63, 3.8) is 0 Å². The number of hydrogen-bond acceptors (Lipinski definition) is 6. The summed E-state index contributed by atoms with van der Waals surface area (Å²) in [7, 11) is 0. The summed E-state index contributed by atoms with van der Waals surface area (Å²) in [4.78, 5) is 38.0. The fourth-order valence-corrected chi connectivity index (χ4v) is 9.53. The van der Waals surface area contributed by atoms with Gasteiger partial charge in [-0.25, -0.2) is 0 Å². The molecule has 0 N–H and O–H groups in total. The lowest BCUT2D eigenvalue weighted by Crippen LogP contribution is -2.30. The molecule has 0 aromatic heterocycles. The number of unbranched alkanes of at least 4 members (excludes halogenated alkanes) is 42. The van der Waals surface area contributed by atoms with Gasteiger partial charge in [0.15, 0.2) is 6.10 Å². The molecule has 0 aliphatic rings. The fraction of sp³-hybridized carbons (Fsp3) is 0.864. The molecule has 72 heavy (non-hydrogen) atoms. The first kappa shape index (κ1) is 69.6. The van der Waals surface area contributed by atoms with Gasteiger partial charge in [0.1, 0.15) is 13.2 Å². The average molecular weight is 1010 g/mol. The molecular weight excluding hydrogens is 889 g/mol. The topological polar surface area (TPSA) is 78.9 Å². The highest BCUT2D eigenvalue weighted by molar-refractivity contribution is 5.71. The maximum absolute atomic E-state index is 12.8. The summed E-state index contributed by atoms with van der Waals surface area (Å²) < 4.78 is 16.8. The molecule has 0 rings (SSSR count). The normalized spacial score (nSPS) is 12.2. The SMILES string of the molecule is CCCCC/C=C\CCCCCCCC(=O)OC(COC(=O)CCCCCCCCCCC)COC(=O)CCCCCCCCCCCCCCCCCCCCCCC/C=C\C/C=C\CCCCCCC. The highest BCUT2D eigenvalue weighted by Crippen LogP contribution is 2.17. The number of esters is 3. The van der Waals surface area contributed by atoms with E-state index in [1.54, 1.807) is 0 Å². The van der Waals surface area contributed by atoms with Crippen molar-refractivity contribution in [3.05, 3.63) is 36.5 Å². The Balaban J connectivity index is 3.96. The molecule has 1 atom stereocenters. The molecule has 0 aliphatic carbocycles.